The molecule has 0 aromatic carbocycles. The maximum absolute atomic E-state index is 5.63. The Bertz CT molecular complexity index is 553. The van der Waals surface area contributed by atoms with Gasteiger partial charge in [0.1, 0.15) is 0 Å². The van der Waals surface area contributed by atoms with Crippen LogP contribution in [0.1, 0.15) is 64.4 Å². The first kappa shape index (κ1) is 21.7. The Balaban J connectivity index is 1.88. The molecule has 152 valence electrons. The fourth-order valence-corrected chi connectivity index (χ4v) is 4.11. The van der Waals surface area contributed by atoms with E-state index in [-0.39, 0.29) is 0 Å². The molecular formula is C22H38N4O. The third-order valence-corrected chi connectivity index (χ3v) is 5.91. The number of ether oxygens (including phenoxy) is 1. The van der Waals surface area contributed by atoms with Crippen molar-refractivity contribution in [1.29, 1.82) is 0 Å². The summed E-state index contributed by atoms with van der Waals surface area (Å²) in [7, 11) is 1.85. The number of rotatable bonds is 10. The fourth-order valence-electron chi connectivity index (χ4n) is 4.11. The summed E-state index contributed by atoms with van der Waals surface area (Å²) in [5.74, 6) is 1.84. The van der Waals surface area contributed by atoms with E-state index < -0.39 is 0 Å². The summed E-state index contributed by atoms with van der Waals surface area (Å²) in [4.78, 5) is 8.73. The first-order valence-electron chi connectivity index (χ1n) is 10.5. The zero-order valence-electron chi connectivity index (χ0n) is 17.6. The predicted molar refractivity (Wildman–Crippen MR) is 113 cm³/mol. The minimum absolute atomic E-state index is 0.355. The molecule has 5 heteroatoms. The highest BCUT2D eigenvalue weighted by atomic mass is 16.5. The van der Waals surface area contributed by atoms with Crippen molar-refractivity contribution in [2.45, 2.75) is 58.8 Å². The number of nitrogens with one attached hydrogen (secondary N) is 2. The average molecular weight is 375 g/mol. The van der Waals surface area contributed by atoms with Gasteiger partial charge in [0.25, 0.3) is 0 Å². The van der Waals surface area contributed by atoms with Crippen LogP contribution in [-0.2, 0) is 4.74 Å². The standard InChI is InChI=1S/C22H38N4O/c1-5-27-14-12-22(10-6-7-11-22)17-26-21(23-4)25-16-20(18(2)3)19-9-8-13-24-15-19/h8-9,13,15,18,20H,5-7,10-12,14,16-17H2,1-4H3,(H2,23,25,26). The van der Waals surface area contributed by atoms with Crippen molar-refractivity contribution in [3.8, 4) is 0 Å². The van der Waals surface area contributed by atoms with Crippen molar-refractivity contribution in [1.82, 2.24) is 15.6 Å². The molecule has 2 rings (SSSR count). The van der Waals surface area contributed by atoms with E-state index in [0.29, 0.717) is 17.3 Å². The lowest BCUT2D eigenvalue weighted by Crippen LogP contribution is -2.44. The van der Waals surface area contributed by atoms with Crippen LogP contribution in [0.4, 0.5) is 0 Å². The molecule has 1 aliphatic rings. The van der Waals surface area contributed by atoms with Gasteiger partial charge in [-0.2, -0.15) is 0 Å². The first-order chi connectivity index (χ1) is 13.1. The number of nitrogens with zero attached hydrogens (tertiary/aromatic N) is 2. The monoisotopic (exact) mass is 374 g/mol. The highest BCUT2D eigenvalue weighted by Crippen LogP contribution is 2.40. The molecular weight excluding hydrogens is 336 g/mol. The van der Waals surface area contributed by atoms with Crippen molar-refractivity contribution < 1.29 is 4.74 Å². The van der Waals surface area contributed by atoms with Gasteiger partial charge in [0.15, 0.2) is 5.96 Å². The Labute approximate surface area is 165 Å². The number of hydrogen-bond acceptors (Lipinski definition) is 3. The van der Waals surface area contributed by atoms with E-state index in [0.717, 1.165) is 38.7 Å². The lowest BCUT2D eigenvalue weighted by Gasteiger charge is -2.30. The SMILES string of the molecule is CCOCCC1(CNC(=NC)NCC(c2cccnc2)C(C)C)CCCC1. The molecule has 27 heavy (non-hydrogen) atoms. The summed E-state index contributed by atoms with van der Waals surface area (Å²) in [5.41, 5.74) is 1.63. The molecule has 0 saturated heterocycles. The molecule has 1 saturated carbocycles. The van der Waals surface area contributed by atoms with Crippen molar-refractivity contribution in [2.75, 3.05) is 33.4 Å². The molecule has 1 heterocycles. The smallest absolute Gasteiger partial charge is 0.191 e. The van der Waals surface area contributed by atoms with Gasteiger partial charge >= 0.3 is 0 Å². The van der Waals surface area contributed by atoms with Crippen molar-refractivity contribution >= 4 is 5.96 Å². The van der Waals surface area contributed by atoms with Gasteiger partial charge in [0.05, 0.1) is 0 Å². The van der Waals surface area contributed by atoms with Gasteiger partial charge < -0.3 is 15.4 Å². The van der Waals surface area contributed by atoms with Crippen molar-refractivity contribution in [2.24, 2.45) is 16.3 Å². The lowest BCUT2D eigenvalue weighted by molar-refractivity contribution is 0.105. The van der Waals surface area contributed by atoms with E-state index in [1.54, 1.807) is 0 Å². The third kappa shape index (κ3) is 6.80. The molecule has 0 amide bonds. The molecule has 1 atom stereocenters. The molecule has 0 aliphatic heterocycles. The molecule has 0 radical (unpaired) electrons. The van der Waals surface area contributed by atoms with Gasteiger partial charge in [-0.15, -0.1) is 0 Å². The van der Waals surface area contributed by atoms with E-state index in [9.17, 15) is 0 Å². The normalized spacial score (nSPS) is 17.9. The van der Waals surface area contributed by atoms with Crippen molar-refractivity contribution in [3.05, 3.63) is 30.1 Å². The Kier molecular flexibility index (Phi) is 9.05. The van der Waals surface area contributed by atoms with E-state index in [2.05, 4.69) is 47.4 Å². The molecule has 2 N–H and O–H groups in total. The number of hydrogen-bond donors (Lipinski definition) is 2. The number of aliphatic imine (C=N–C) groups is 1. The molecule has 0 bridgehead atoms. The van der Waals surface area contributed by atoms with E-state index in [1.807, 2.05) is 25.5 Å². The summed E-state index contributed by atoms with van der Waals surface area (Å²) >= 11 is 0. The molecule has 0 spiro atoms. The molecule has 1 fully saturated rings. The van der Waals surface area contributed by atoms with Gasteiger partial charge in [-0.05, 0) is 49.1 Å². The maximum atomic E-state index is 5.63. The molecule has 1 aromatic heterocycles. The molecule has 1 unspecified atom stereocenters. The summed E-state index contributed by atoms with van der Waals surface area (Å²) in [6, 6.07) is 4.18. The van der Waals surface area contributed by atoms with Gasteiger partial charge in [-0.1, -0.05) is 32.8 Å². The van der Waals surface area contributed by atoms with Gasteiger partial charge in [-0.25, -0.2) is 0 Å². The summed E-state index contributed by atoms with van der Waals surface area (Å²) in [6.07, 6.45) is 10.2. The van der Waals surface area contributed by atoms with Crippen LogP contribution >= 0.6 is 0 Å². The highest BCUT2D eigenvalue weighted by Gasteiger charge is 2.33. The predicted octanol–water partition coefficient (Wildman–Crippen LogP) is 3.97. The second-order valence-corrected chi connectivity index (χ2v) is 8.10. The summed E-state index contributed by atoms with van der Waals surface area (Å²) in [6.45, 7) is 10.1. The Hall–Kier alpha value is -1.62. The minimum Gasteiger partial charge on any atom is -0.382 e. The van der Waals surface area contributed by atoms with Crippen LogP contribution in [0.15, 0.2) is 29.5 Å². The fraction of sp³-hybridized carbons (Fsp3) is 0.727. The Morgan fingerprint density at radius 1 is 1.30 bits per heavy atom. The minimum atomic E-state index is 0.355. The first-order valence-corrected chi connectivity index (χ1v) is 10.5. The highest BCUT2D eigenvalue weighted by molar-refractivity contribution is 5.79. The molecule has 1 aromatic rings. The topological polar surface area (TPSA) is 58.5 Å². The van der Waals surface area contributed by atoms with Gasteiger partial charge in [0, 0.05) is 51.7 Å². The van der Waals surface area contributed by atoms with Crippen molar-refractivity contribution in [3.63, 3.8) is 0 Å². The maximum Gasteiger partial charge on any atom is 0.191 e. The largest absolute Gasteiger partial charge is 0.382 e. The van der Waals surface area contributed by atoms with Crippen LogP contribution in [-0.4, -0.2) is 44.3 Å². The Morgan fingerprint density at radius 3 is 2.67 bits per heavy atom. The molecule has 5 nitrogen and oxygen atoms in total. The number of guanidine groups is 1. The van der Waals surface area contributed by atoms with E-state index in [1.165, 1.54) is 31.2 Å². The van der Waals surface area contributed by atoms with Crippen LogP contribution in [0.25, 0.3) is 0 Å². The van der Waals surface area contributed by atoms with Gasteiger partial charge in [-0.3, -0.25) is 9.98 Å². The number of pyridine rings is 1. The van der Waals surface area contributed by atoms with E-state index in [4.69, 9.17) is 4.74 Å². The van der Waals surface area contributed by atoms with Crippen LogP contribution in [0.5, 0.6) is 0 Å². The average Bonchev–Trinajstić information content (AvgIpc) is 3.14. The van der Waals surface area contributed by atoms with Crippen LogP contribution in [0, 0.1) is 11.3 Å². The summed E-state index contributed by atoms with van der Waals surface area (Å²) < 4.78 is 5.63. The zero-order chi connectivity index (χ0) is 19.5. The second kappa shape index (κ2) is 11.3. The number of aromatic nitrogens is 1. The quantitative estimate of drug-likeness (QED) is 0.370. The summed E-state index contributed by atoms with van der Waals surface area (Å²) in [5, 5.41) is 7.13. The second-order valence-electron chi connectivity index (χ2n) is 8.10. The van der Waals surface area contributed by atoms with Crippen LogP contribution in [0.2, 0.25) is 0 Å². The third-order valence-electron chi connectivity index (χ3n) is 5.91. The van der Waals surface area contributed by atoms with Crippen LogP contribution < -0.4 is 10.6 Å². The zero-order valence-corrected chi connectivity index (χ0v) is 17.6. The van der Waals surface area contributed by atoms with Gasteiger partial charge in [0.2, 0.25) is 0 Å². The van der Waals surface area contributed by atoms with Crippen LogP contribution in [0.3, 0.4) is 0 Å². The lowest BCUT2D eigenvalue weighted by atomic mass is 9.83. The molecule has 1 aliphatic carbocycles. The Morgan fingerprint density at radius 2 is 2.07 bits per heavy atom. The van der Waals surface area contributed by atoms with E-state index >= 15 is 0 Å².